The van der Waals surface area contributed by atoms with Crippen molar-refractivity contribution >= 4 is 10.9 Å². The lowest BCUT2D eigenvalue weighted by Crippen LogP contribution is -2.33. The minimum atomic E-state index is -0.141. The Balaban J connectivity index is 1.51. The first-order valence-corrected chi connectivity index (χ1v) is 13.4. The molecule has 1 fully saturated rings. The van der Waals surface area contributed by atoms with Crippen LogP contribution >= 0.6 is 0 Å². The molecule has 0 spiro atoms. The van der Waals surface area contributed by atoms with Crippen molar-refractivity contribution in [2.45, 2.75) is 64.9 Å². The number of aromatic amines is 1. The number of tetrazole rings is 1. The van der Waals surface area contributed by atoms with Crippen LogP contribution < -0.4 is 15.0 Å². The molecule has 206 valence electrons. The minimum Gasteiger partial charge on any atom is -0.493 e. The second-order valence-corrected chi connectivity index (χ2v) is 10.1. The Morgan fingerprint density at radius 2 is 1.90 bits per heavy atom. The third-order valence-electron chi connectivity index (χ3n) is 7.39. The smallest absolute Gasteiger partial charge is 0.252 e. The molecule has 2 atom stereocenters. The van der Waals surface area contributed by atoms with Gasteiger partial charge < -0.3 is 19.2 Å². The quantitative estimate of drug-likeness (QED) is 0.307. The zero-order chi connectivity index (χ0) is 27.4. The Morgan fingerprint density at radius 3 is 2.59 bits per heavy atom. The molecule has 0 aliphatic carbocycles. The molecule has 0 amide bonds. The molecule has 2 aromatic carbocycles. The predicted octanol–water partition coefficient (Wildman–Crippen LogP) is 4.17. The summed E-state index contributed by atoms with van der Waals surface area (Å²) in [5, 5.41) is 13.6. The van der Waals surface area contributed by atoms with Gasteiger partial charge in [-0.25, -0.2) is 4.68 Å². The monoisotopic (exact) mass is 532 g/mol. The van der Waals surface area contributed by atoms with Crippen LogP contribution in [0.2, 0.25) is 0 Å². The highest BCUT2D eigenvalue weighted by Crippen LogP contribution is 2.32. The molecule has 5 rings (SSSR count). The van der Waals surface area contributed by atoms with E-state index in [2.05, 4.69) is 63.5 Å². The predicted molar refractivity (Wildman–Crippen MR) is 148 cm³/mol. The van der Waals surface area contributed by atoms with E-state index < -0.39 is 0 Å². The van der Waals surface area contributed by atoms with Gasteiger partial charge in [-0.3, -0.25) is 9.69 Å². The number of benzene rings is 2. The fourth-order valence-electron chi connectivity index (χ4n) is 5.28. The molecule has 1 aliphatic heterocycles. The number of aryl methyl sites for hydroxylation is 1. The van der Waals surface area contributed by atoms with E-state index >= 15 is 0 Å². The average molecular weight is 533 g/mol. The first-order chi connectivity index (χ1) is 19.0. The molecule has 0 saturated carbocycles. The van der Waals surface area contributed by atoms with Crippen LogP contribution in [0.1, 0.15) is 54.7 Å². The number of hydrogen-bond donors (Lipinski definition) is 1. The first kappa shape index (κ1) is 26.8. The Kier molecular flexibility index (Phi) is 8.23. The lowest BCUT2D eigenvalue weighted by atomic mass is 10.1. The highest BCUT2D eigenvalue weighted by molar-refractivity contribution is 5.83. The third kappa shape index (κ3) is 5.97. The summed E-state index contributed by atoms with van der Waals surface area (Å²) in [6, 6.07) is 14.0. The number of pyridine rings is 1. The standard InChI is InChI=1S/C29H36N6O4/c1-5-25(28-31-32-33-35(28)18-23-7-6-12-39-23)34(16-20-10-8-19(2)9-11-20)17-22-13-21-14-26(37-3)27(38-4)15-24(21)30-29(22)36/h8-11,13-15,23,25H,5-7,12,16-18H2,1-4H3,(H,30,36)/t23-,25+/m1/s1. The van der Waals surface area contributed by atoms with Crippen LogP contribution in [0.25, 0.3) is 10.9 Å². The summed E-state index contributed by atoms with van der Waals surface area (Å²) in [6.07, 6.45) is 2.95. The molecule has 0 radical (unpaired) electrons. The van der Waals surface area contributed by atoms with Crippen LogP contribution in [0.15, 0.2) is 47.3 Å². The van der Waals surface area contributed by atoms with Crippen LogP contribution in [0.5, 0.6) is 11.5 Å². The van der Waals surface area contributed by atoms with Crippen LogP contribution in [0.3, 0.4) is 0 Å². The molecule has 0 unspecified atom stereocenters. The normalized spacial score (nSPS) is 16.2. The van der Waals surface area contributed by atoms with E-state index in [0.717, 1.165) is 42.6 Å². The summed E-state index contributed by atoms with van der Waals surface area (Å²) in [4.78, 5) is 18.6. The fraction of sp³-hybridized carbons (Fsp3) is 0.448. The summed E-state index contributed by atoms with van der Waals surface area (Å²) in [5.41, 5.74) is 3.56. The van der Waals surface area contributed by atoms with Crippen LogP contribution in [-0.4, -0.2) is 57.0 Å². The van der Waals surface area contributed by atoms with E-state index in [1.54, 1.807) is 20.3 Å². The van der Waals surface area contributed by atoms with E-state index in [0.29, 0.717) is 42.2 Å². The molecule has 10 nitrogen and oxygen atoms in total. The van der Waals surface area contributed by atoms with Crippen LogP contribution in [0.4, 0.5) is 0 Å². The van der Waals surface area contributed by atoms with Gasteiger partial charge in [0.15, 0.2) is 17.3 Å². The minimum absolute atomic E-state index is 0.108. The average Bonchev–Trinajstić information content (AvgIpc) is 3.63. The van der Waals surface area contributed by atoms with E-state index in [1.165, 1.54) is 5.56 Å². The van der Waals surface area contributed by atoms with Crippen molar-refractivity contribution < 1.29 is 14.2 Å². The highest BCUT2D eigenvalue weighted by atomic mass is 16.5. The van der Waals surface area contributed by atoms with Gasteiger partial charge in [0, 0.05) is 36.7 Å². The molecule has 39 heavy (non-hydrogen) atoms. The van der Waals surface area contributed by atoms with Crippen LogP contribution in [-0.2, 0) is 24.4 Å². The maximum Gasteiger partial charge on any atom is 0.252 e. The lowest BCUT2D eigenvalue weighted by Gasteiger charge is -2.30. The van der Waals surface area contributed by atoms with Crippen molar-refractivity contribution in [3.05, 3.63) is 75.3 Å². The summed E-state index contributed by atoms with van der Waals surface area (Å²) in [7, 11) is 3.18. The number of aromatic nitrogens is 5. The lowest BCUT2D eigenvalue weighted by molar-refractivity contribution is 0.0888. The van der Waals surface area contributed by atoms with Crippen molar-refractivity contribution in [3.8, 4) is 11.5 Å². The SMILES string of the molecule is CC[C@@H](c1nnnn1C[C@H]1CCCO1)N(Cc1ccc(C)cc1)Cc1cc2cc(OC)c(OC)cc2[nH]c1=O. The van der Waals surface area contributed by atoms with Gasteiger partial charge in [0.25, 0.3) is 5.56 Å². The van der Waals surface area contributed by atoms with Gasteiger partial charge in [0.05, 0.1) is 38.4 Å². The number of nitrogens with one attached hydrogen (secondary N) is 1. The van der Waals surface area contributed by atoms with E-state index in [-0.39, 0.29) is 17.7 Å². The van der Waals surface area contributed by atoms with Gasteiger partial charge in [-0.15, -0.1) is 5.10 Å². The maximum absolute atomic E-state index is 13.3. The van der Waals surface area contributed by atoms with Crippen molar-refractivity contribution in [3.63, 3.8) is 0 Å². The van der Waals surface area contributed by atoms with Gasteiger partial charge in [-0.1, -0.05) is 36.8 Å². The highest BCUT2D eigenvalue weighted by Gasteiger charge is 2.28. The third-order valence-corrected chi connectivity index (χ3v) is 7.39. The molecule has 1 aliphatic rings. The van der Waals surface area contributed by atoms with Crippen molar-refractivity contribution in [1.29, 1.82) is 0 Å². The van der Waals surface area contributed by atoms with E-state index in [4.69, 9.17) is 14.2 Å². The number of ether oxygens (including phenoxy) is 3. The first-order valence-electron chi connectivity index (χ1n) is 13.4. The zero-order valence-corrected chi connectivity index (χ0v) is 23.0. The second-order valence-electron chi connectivity index (χ2n) is 10.1. The molecule has 0 bridgehead atoms. The maximum atomic E-state index is 13.3. The van der Waals surface area contributed by atoms with Gasteiger partial charge in [-0.2, -0.15) is 0 Å². The Morgan fingerprint density at radius 1 is 1.13 bits per heavy atom. The molecule has 4 aromatic rings. The molecular formula is C29H36N6O4. The number of H-pyrrole nitrogens is 1. The largest absolute Gasteiger partial charge is 0.493 e. The van der Waals surface area contributed by atoms with E-state index in [1.807, 2.05) is 16.8 Å². The summed E-state index contributed by atoms with van der Waals surface area (Å²) >= 11 is 0. The Labute approximate surface area is 227 Å². The van der Waals surface area contributed by atoms with Gasteiger partial charge in [0.2, 0.25) is 0 Å². The molecular weight excluding hydrogens is 496 g/mol. The zero-order valence-electron chi connectivity index (χ0n) is 23.0. The van der Waals surface area contributed by atoms with Gasteiger partial charge in [-0.05, 0) is 54.3 Å². The summed E-state index contributed by atoms with van der Waals surface area (Å²) in [6.45, 7) is 6.65. The molecule has 1 N–H and O–H groups in total. The van der Waals surface area contributed by atoms with Gasteiger partial charge >= 0.3 is 0 Å². The molecule has 1 saturated heterocycles. The number of fused-ring (bicyclic) bond motifs is 1. The van der Waals surface area contributed by atoms with Crippen molar-refractivity contribution in [1.82, 2.24) is 30.1 Å². The van der Waals surface area contributed by atoms with Crippen LogP contribution in [0, 0.1) is 6.92 Å². The number of nitrogens with zero attached hydrogens (tertiary/aromatic N) is 5. The summed E-state index contributed by atoms with van der Waals surface area (Å²) in [5.74, 6) is 1.96. The molecule has 2 aromatic heterocycles. The van der Waals surface area contributed by atoms with Crippen molar-refractivity contribution in [2.24, 2.45) is 0 Å². The Bertz CT molecular complexity index is 1460. The second kappa shape index (κ2) is 12.0. The number of hydrogen-bond acceptors (Lipinski definition) is 8. The van der Waals surface area contributed by atoms with Crippen molar-refractivity contribution in [2.75, 3.05) is 20.8 Å². The number of rotatable bonds is 11. The van der Waals surface area contributed by atoms with Gasteiger partial charge in [0.1, 0.15) is 0 Å². The summed E-state index contributed by atoms with van der Waals surface area (Å²) < 4.78 is 18.6. The Hall–Kier alpha value is -3.76. The molecule has 10 heteroatoms. The molecule has 3 heterocycles. The van der Waals surface area contributed by atoms with E-state index in [9.17, 15) is 4.79 Å². The fourth-order valence-corrected chi connectivity index (χ4v) is 5.28. The topological polar surface area (TPSA) is 107 Å². The number of methoxy groups -OCH3 is 2.